The van der Waals surface area contributed by atoms with E-state index in [2.05, 4.69) is 22.4 Å². The molecule has 0 saturated heterocycles. The molecule has 0 bridgehead atoms. The highest BCUT2D eigenvalue weighted by molar-refractivity contribution is 5.90. The van der Waals surface area contributed by atoms with Crippen LogP contribution >= 0.6 is 0 Å². The number of amides is 1. The lowest BCUT2D eigenvalue weighted by Gasteiger charge is -2.01. The second kappa shape index (κ2) is 4.05. The molecule has 2 atom stereocenters. The Morgan fingerprint density at radius 3 is 2.88 bits per heavy atom. The van der Waals surface area contributed by atoms with E-state index < -0.39 is 0 Å². The maximum Gasteiger partial charge on any atom is 0.307 e. The summed E-state index contributed by atoms with van der Waals surface area (Å²) in [5, 5.41) is 2.91. The van der Waals surface area contributed by atoms with Gasteiger partial charge in [0.05, 0.1) is 6.20 Å². The fourth-order valence-electron chi connectivity index (χ4n) is 1.99. The molecular formula is C13H12N2O2. The number of oxazole rings is 1. The zero-order valence-electron chi connectivity index (χ0n) is 9.17. The monoisotopic (exact) mass is 228 g/mol. The van der Waals surface area contributed by atoms with E-state index in [1.807, 2.05) is 18.2 Å². The third-order valence-electron chi connectivity index (χ3n) is 2.96. The van der Waals surface area contributed by atoms with Crippen molar-refractivity contribution in [2.75, 3.05) is 0 Å². The molecule has 0 radical (unpaired) electrons. The minimum atomic E-state index is -0.238. The molecule has 1 amide bonds. The summed E-state index contributed by atoms with van der Waals surface area (Å²) < 4.78 is 4.94. The van der Waals surface area contributed by atoms with Crippen LogP contribution in [0.5, 0.6) is 0 Å². The highest BCUT2D eigenvalue weighted by atomic mass is 16.3. The van der Waals surface area contributed by atoms with Gasteiger partial charge in [0.2, 0.25) is 0 Å². The van der Waals surface area contributed by atoms with Gasteiger partial charge in [-0.3, -0.25) is 4.79 Å². The molecule has 1 heterocycles. The van der Waals surface area contributed by atoms with Crippen LogP contribution in [-0.2, 0) is 0 Å². The smallest absolute Gasteiger partial charge is 0.307 e. The zero-order valence-corrected chi connectivity index (χ0v) is 9.17. The highest BCUT2D eigenvalue weighted by Gasteiger charge is 2.39. The quantitative estimate of drug-likeness (QED) is 0.873. The van der Waals surface area contributed by atoms with Crippen LogP contribution in [0, 0.1) is 0 Å². The molecule has 0 aliphatic heterocycles. The Hall–Kier alpha value is -2.10. The van der Waals surface area contributed by atoms with Crippen LogP contribution in [0.3, 0.4) is 0 Å². The number of hydrogen-bond acceptors (Lipinski definition) is 3. The molecule has 2 aromatic rings. The minimum absolute atomic E-state index is 0.128. The van der Waals surface area contributed by atoms with Gasteiger partial charge in [0.1, 0.15) is 6.26 Å². The van der Waals surface area contributed by atoms with Gasteiger partial charge >= 0.3 is 5.91 Å². The number of rotatable bonds is 3. The van der Waals surface area contributed by atoms with Crippen molar-refractivity contribution in [2.45, 2.75) is 18.4 Å². The van der Waals surface area contributed by atoms with E-state index in [9.17, 15) is 4.79 Å². The second-order valence-corrected chi connectivity index (χ2v) is 4.17. The predicted molar refractivity (Wildman–Crippen MR) is 61.6 cm³/mol. The molecule has 0 unspecified atom stereocenters. The van der Waals surface area contributed by atoms with Gasteiger partial charge in [0, 0.05) is 12.0 Å². The molecule has 1 aliphatic rings. The standard InChI is InChI=1S/C13H12N2O2/c16-12(13-14-6-7-17-13)15-11-8-10(11)9-4-2-1-3-5-9/h1-7,10-11H,8H2,(H,15,16)/t10-,11+/m1/s1. The number of benzene rings is 1. The first-order valence-electron chi connectivity index (χ1n) is 5.60. The summed E-state index contributed by atoms with van der Waals surface area (Å²) in [5.41, 5.74) is 1.27. The van der Waals surface area contributed by atoms with Gasteiger partial charge in [-0.2, -0.15) is 0 Å². The molecule has 1 fully saturated rings. The van der Waals surface area contributed by atoms with E-state index in [-0.39, 0.29) is 17.8 Å². The van der Waals surface area contributed by atoms with Crippen LogP contribution in [0.25, 0.3) is 0 Å². The maximum atomic E-state index is 11.7. The summed E-state index contributed by atoms with van der Waals surface area (Å²) in [6.07, 6.45) is 3.85. The van der Waals surface area contributed by atoms with E-state index >= 15 is 0 Å². The molecule has 1 aromatic carbocycles. The molecule has 3 rings (SSSR count). The lowest BCUT2D eigenvalue weighted by molar-refractivity contribution is 0.0915. The molecular weight excluding hydrogens is 216 g/mol. The van der Waals surface area contributed by atoms with Gasteiger partial charge in [-0.25, -0.2) is 4.98 Å². The van der Waals surface area contributed by atoms with Crippen molar-refractivity contribution in [3.8, 4) is 0 Å². The fourth-order valence-corrected chi connectivity index (χ4v) is 1.99. The lowest BCUT2D eigenvalue weighted by Crippen LogP contribution is -2.26. The van der Waals surface area contributed by atoms with Crippen LogP contribution < -0.4 is 5.32 Å². The highest BCUT2D eigenvalue weighted by Crippen LogP contribution is 2.40. The molecule has 86 valence electrons. The van der Waals surface area contributed by atoms with Crippen molar-refractivity contribution >= 4 is 5.91 Å². The summed E-state index contributed by atoms with van der Waals surface area (Å²) in [4.78, 5) is 15.5. The third-order valence-corrected chi connectivity index (χ3v) is 2.96. The van der Waals surface area contributed by atoms with Crippen molar-refractivity contribution in [3.63, 3.8) is 0 Å². The maximum absolute atomic E-state index is 11.7. The van der Waals surface area contributed by atoms with E-state index in [1.54, 1.807) is 0 Å². The van der Waals surface area contributed by atoms with Crippen molar-refractivity contribution in [2.24, 2.45) is 0 Å². The number of nitrogens with one attached hydrogen (secondary N) is 1. The molecule has 1 aliphatic carbocycles. The number of aromatic nitrogens is 1. The lowest BCUT2D eigenvalue weighted by atomic mass is 10.1. The predicted octanol–water partition coefficient (Wildman–Crippen LogP) is 1.96. The van der Waals surface area contributed by atoms with Crippen LogP contribution in [0.2, 0.25) is 0 Å². The van der Waals surface area contributed by atoms with Crippen LogP contribution in [0.1, 0.15) is 28.6 Å². The average Bonchev–Trinajstić information content (AvgIpc) is 2.92. The van der Waals surface area contributed by atoms with Gasteiger partial charge in [-0.1, -0.05) is 30.3 Å². The Bertz CT molecular complexity index is 507. The summed E-state index contributed by atoms with van der Waals surface area (Å²) in [6.45, 7) is 0. The second-order valence-electron chi connectivity index (χ2n) is 4.17. The largest absolute Gasteiger partial charge is 0.441 e. The van der Waals surface area contributed by atoms with E-state index in [4.69, 9.17) is 4.42 Å². The summed E-state index contributed by atoms with van der Waals surface area (Å²) in [7, 11) is 0. The number of carbonyl (C=O) groups is 1. The van der Waals surface area contributed by atoms with Gasteiger partial charge in [0.15, 0.2) is 0 Å². The van der Waals surface area contributed by atoms with Gasteiger partial charge in [-0.05, 0) is 12.0 Å². The Kier molecular flexibility index (Phi) is 2.40. The first kappa shape index (κ1) is 10.1. The van der Waals surface area contributed by atoms with Crippen molar-refractivity contribution < 1.29 is 9.21 Å². The first-order chi connectivity index (χ1) is 8.34. The van der Waals surface area contributed by atoms with Crippen LogP contribution in [-0.4, -0.2) is 16.9 Å². The number of carbonyl (C=O) groups excluding carboxylic acids is 1. The summed E-state index contributed by atoms with van der Waals surface area (Å²) in [5.74, 6) is 0.317. The zero-order chi connectivity index (χ0) is 11.7. The molecule has 1 saturated carbocycles. The topological polar surface area (TPSA) is 55.1 Å². The molecule has 17 heavy (non-hydrogen) atoms. The van der Waals surface area contributed by atoms with E-state index in [0.29, 0.717) is 5.92 Å². The molecule has 1 N–H and O–H groups in total. The van der Waals surface area contributed by atoms with Crippen LogP contribution in [0.4, 0.5) is 0 Å². The fraction of sp³-hybridized carbons (Fsp3) is 0.231. The molecule has 4 heteroatoms. The first-order valence-corrected chi connectivity index (χ1v) is 5.60. The Labute approximate surface area is 98.7 Å². The van der Waals surface area contributed by atoms with Gasteiger partial charge in [0.25, 0.3) is 5.89 Å². The van der Waals surface area contributed by atoms with Gasteiger partial charge < -0.3 is 9.73 Å². The van der Waals surface area contributed by atoms with Crippen LogP contribution in [0.15, 0.2) is 47.2 Å². The van der Waals surface area contributed by atoms with E-state index in [1.165, 1.54) is 18.0 Å². The third kappa shape index (κ3) is 2.06. The van der Waals surface area contributed by atoms with Crippen molar-refractivity contribution in [3.05, 3.63) is 54.2 Å². The SMILES string of the molecule is O=C(N[C@H]1C[C@@H]1c1ccccc1)c1ncco1. The average molecular weight is 228 g/mol. The van der Waals surface area contributed by atoms with Crippen molar-refractivity contribution in [1.29, 1.82) is 0 Å². The normalized spacial score (nSPS) is 22.1. The number of hydrogen-bond donors (Lipinski definition) is 1. The van der Waals surface area contributed by atoms with Gasteiger partial charge in [-0.15, -0.1) is 0 Å². The van der Waals surface area contributed by atoms with E-state index in [0.717, 1.165) is 6.42 Å². The summed E-state index contributed by atoms with van der Waals surface area (Å²) >= 11 is 0. The Balaban J connectivity index is 1.61. The van der Waals surface area contributed by atoms with Crippen molar-refractivity contribution in [1.82, 2.24) is 10.3 Å². The Morgan fingerprint density at radius 2 is 2.18 bits per heavy atom. The molecule has 4 nitrogen and oxygen atoms in total. The Morgan fingerprint density at radius 1 is 1.35 bits per heavy atom. The number of nitrogens with zero attached hydrogens (tertiary/aromatic N) is 1. The molecule has 0 spiro atoms. The molecule has 1 aromatic heterocycles. The minimum Gasteiger partial charge on any atom is -0.441 e. The summed E-state index contributed by atoms with van der Waals surface area (Å²) in [6, 6.07) is 10.4.